The Bertz CT molecular complexity index is 843. The molecule has 1 amide bonds. The molecule has 2 rings (SSSR count). The van der Waals surface area contributed by atoms with Crippen LogP contribution in [0.3, 0.4) is 0 Å². The smallest absolute Gasteiger partial charge is 0.273 e. The number of anilines is 1. The van der Waals surface area contributed by atoms with Gasteiger partial charge in [0.05, 0.1) is 0 Å². The predicted molar refractivity (Wildman–Crippen MR) is 88.7 cm³/mol. The Morgan fingerprint density at radius 2 is 1.52 bits per heavy atom. The number of hydrogen-bond donors (Lipinski definition) is 1. The Labute approximate surface area is 151 Å². The summed E-state index contributed by atoms with van der Waals surface area (Å²) in [4.78, 5) is 17.0. The minimum absolute atomic E-state index is 0.362. The number of carbonyl (C=O) groups excluding carboxylic acids is 1. The van der Waals surface area contributed by atoms with Crippen LogP contribution in [0.5, 0.6) is 0 Å². The Kier molecular flexibility index (Phi) is 6.49. The van der Waals surface area contributed by atoms with Gasteiger partial charge in [0.15, 0.2) is 23.3 Å². The summed E-state index contributed by atoms with van der Waals surface area (Å²) in [7, 11) is 0. The molecule has 0 radical (unpaired) electrons. The summed E-state index contributed by atoms with van der Waals surface area (Å²) in [6, 6.07) is 9.27. The number of nitrogens with zero attached hydrogens (tertiary/aromatic N) is 1. The molecule has 9 heteroatoms. The van der Waals surface area contributed by atoms with E-state index in [0.29, 0.717) is 6.42 Å². The second-order valence-corrected chi connectivity index (χ2v) is 5.68. The first-order chi connectivity index (χ1) is 12.7. The largest absolute Gasteiger partial charge is 0.392 e. The average molecular weight is 386 g/mol. The van der Waals surface area contributed by atoms with Gasteiger partial charge in [-0.05, 0) is 19.4 Å². The highest BCUT2D eigenvalue weighted by atomic mass is 19.2. The van der Waals surface area contributed by atoms with Crippen LogP contribution < -0.4 is 5.32 Å². The molecule has 0 aliphatic heterocycles. The molecular formula is C18H15F5N2O2. The van der Waals surface area contributed by atoms with Crippen LogP contribution in [0.15, 0.2) is 35.5 Å². The van der Waals surface area contributed by atoms with Gasteiger partial charge in [-0.2, -0.15) is 0 Å². The quantitative estimate of drug-likeness (QED) is 0.264. The van der Waals surface area contributed by atoms with Crippen molar-refractivity contribution in [2.24, 2.45) is 5.16 Å². The van der Waals surface area contributed by atoms with Crippen LogP contribution in [0.1, 0.15) is 19.4 Å². The van der Waals surface area contributed by atoms with E-state index in [2.05, 4.69) is 5.16 Å². The van der Waals surface area contributed by atoms with Gasteiger partial charge in [-0.25, -0.2) is 22.0 Å². The summed E-state index contributed by atoms with van der Waals surface area (Å²) in [6.45, 7) is 2.85. The lowest BCUT2D eigenvalue weighted by molar-refractivity contribution is -0.110. The molecule has 1 unspecified atom stereocenters. The Hall–Kier alpha value is -2.97. The van der Waals surface area contributed by atoms with Crippen LogP contribution in [-0.4, -0.2) is 17.7 Å². The Balaban J connectivity index is 2.06. The fourth-order valence-electron chi connectivity index (χ4n) is 2.11. The van der Waals surface area contributed by atoms with Crippen molar-refractivity contribution in [1.82, 2.24) is 0 Å². The number of hydrogen-bond acceptors (Lipinski definition) is 3. The van der Waals surface area contributed by atoms with Crippen molar-refractivity contribution >= 4 is 17.3 Å². The molecule has 1 N–H and O–H groups in total. The van der Waals surface area contributed by atoms with Crippen LogP contribution in [0.4, 0.5) is 27.6 Å². The van der Waals surface area contributed by atoms with E-state index in [9.17, 15) is 26.7 Å². The van der Waals surface area contributed by atoms with Crippen molar-refractivity contribution in [2.75, 3.05) is 5.32 Å². The van der Waals surface area contributed by atoms with Crippen molar-refractivity contribution in [3.05, 3.63) is 65.0 Å². The molecule has 0 fully saturated rings. The van der Waals surface area contributed by atoms with Crippen LogP contribution in [0, 0.1) is 29.1 Å². The summed E-state index contributed by atoms with van der Waals surface area (Å²) in [5.41, 5.74) is -0.856. The molecule has 27 heavy (non-hydrogen) atoms. The van der Waals surface area contributed by atoms with E-state index in [4.69, 9.17) is 4.84 Å². The first kappa shape index (κ1) is 20.3. The molecule has 0 aromatic heterocycles. The van der Waals surface area contributed by atoms with Gasteiger partial charge in [-0.3, -0.25) is 4.79 Å². The molecular weight excluding hydrogens is 371 g/mol. The first-order valence-electron chi connectivity index (χ1n) is 7.79. The molecule has 0 heterocycles. The van der Waals surface area contributed by atoms with Crippen molar-refractivity contribution in [3.8, 4) is 0 Å². The van der Waals surface area contributed by atoms with Gasteiger partial charge < -0.3 is 10.2 Å². The van der Waals surface area contributed by atoms with Crippen molar-refractivity contribution in [3.63, 3.8) is 0 Å². The molecule has 2 aromatic rings. The average Bonchev–Trinajstić information content (AvgIpc) is 2.66. The lowest BCUT2D eigenvalue weighted by Gasteiger charge is -2.12. The third-order valence-corrected chi connectivity index (χ3v) is 3.51. The maximum absolute atomic E-state index is 13.6. The maximum atomic E-state index is 13.6. The Morgan fingerprint density at radius 3 is 2.07 bits per heavy atom. The minimum Gasteiger partial charge on any atom is -0.392 e. The van der Waals surface area contributed by atoms with Crippen molar-refractivity contribution < 1.29 is 31.6 Å². The molecule has 0 saturated heterocycles. The predicted octanol–water partition coefficient (Wildman–Crippen LogP) is 4.34. The highest BCUT2D eigenvalue weighted by Gasteiger charge is 2.27. The van der Waals surface area contributed by atoms with Crippen LogP contribution in [-0.2, 0) is 16.1 Å². The maximum Gasteiger partial charge on any atom is 0.273 e. The molecule has 4 nitrogen and oxygen atoms in total. The van der Waals surface area contributed by atoms with Crippen LogP contribution >= 0.6 is 0 Å². The highest BCUT2D eigenvalue weighted by molar-refractivity contribution is 6.42. The first-order valence-corrected chi connectivity index (χ1v) is 7.79. The standard InChI is InChI=1S/C18H15F5N2O2/c1-9(8-11-6-4-3-5-7-11)27-25-10(2)18(26)24-17-15(22)13(20)12(19)14(21)16(17)23/h3-7,9H,8H2,1-2H3,(H,24,26)/b25-10-. The molecule has 0 aliphatic carbocycles. The zero-order chi connectivity index (χ0) is 20.1. The van der Waals surface area contributed by atoms with Crippen molar-refractivity contribution in [2.45, 2.75) is 26.4 Å². The van der Waals surface area contributed by atoms with Gasteiger partial charge in [-0.1, -0.05) is 35.5 Å². The molecule has 0 spiro atoms. The Morgan fingerprint density at radius 1 is 1.00 bits per heavy atom. The van der Waals surface area contributed by atoms with Crippen molar-refractivity contribution in [1.29, 1.82) is 0 Å². The molecule has 0 saturated carbocycles. The summed E-state index contributed by atoms with van der Waals surface area (Å²) in [6.07, 6.45) is 0.0565. The second-order valence-electron chi connectivity index (χ2n) is 5.68. The van der Waals surface area contributed by atoms with E-state index < -0.39 is 46.8 Å². The molecule has 0 bridgehead atoms. The monoisotopic (exact) mass is 386 g/mol. The molecule has 144 valence electrons. The number of oxime groups is 1. The number of rotatable bonds is 6. The third kappa shape index (κ3) is 4.81. The van der Waals surface area contributed by atoms with E-state index in [-0.39, 0.29) is 5.71 Å². The second kappa shape index (κ2) is 8.61. The fraction of sp³-hybridized carbons (Fsp3) is 0.222. The van der Waals surface area contributed by atoms with E-state index >= 15 is 0 Å². The fourth-order valence-corrected chi connectivity index (χ4v) is 2.11. The third-order valence-electron chi connectivity index (χ3n) is 3.51. The number of amides is 1. The van der Waals surface area contributed by atoms with E-state index in [0.717, 1.165) is 12.5 Å². The van der Waals surface area contributed by atoms with Crippen LogP contribution in [0.2, 0.25) is 0 Å². The SMILES string of the molecule is C/C(=N/OC(C)Cc1ccccc1)C(=O)Nc1c(F)c(F)c(F)c(F)c1F. The molecule has 0 aliphatic rings. The summed E-state index contributed by atoms with van der Waals surface area (Å²) < 4.78 is 66.4. The van der Waals surface area contributed by atoms with Gasteiger partial charge >= 0.3 is 0 Å². The van der Waals surface area contributed by atoms with E-state index in [1.165, 1.54) is 0 Å². The zero-order valence-electron chi connectivity index (χ0n) is 14.3. The zero-order valence-corrected chi connectivity index (χ0v) is 14.3. The highest BCUT2D eigenvalue weighted by Crippen LogP contribution is 2.27. The minimum atomic E-state index is -2.31. The van der Waals surface area contributed by atoms with E-state index in [1.807, 2.05) is 30.3 Å². The van der Waals surface area contributed by atoms with Gasteiger partial charge in [0.2, 0.25) is 5.82 Å². The topological polar surface area (TPSA) is 50.7 Å². The van der Waals surface area contributed by atoms with Gasteiger partial charge in [0, 0.05) is 6.42 Å². The van der Waals surface area contributed by atoms with Crippen LogP contribution in [0.25, 0.3) is 0 Å². The van der Waals surface area contributed by atoms with E-state index in [1.54, 1.807) is 12.2 Å². The summed E-state index contributed by atoms with van der Waals surface area (Å²) in [5, 5.41) is 5.15. The number of carbonyl (C=O) groups is 1. The number of benzene rings is 2. The van der Waals surface area contributed by atoms with Gasteiger partial charge in [0.1, 0.15) is 17.5 Å². The lowest BCUT2D eigenvalue weighted by atomic mass is 10.1. The lowest BCUT2D eigenvalue weighted by Crippen LogP contribution is -2.24. The number of halogens is 5. The molecule has 1 atom stereocenters. The normalized spacial score (nSPS) is 12.6. The summed E-state index contributed by atoms with van der Waals surface area (Å²) in [5.74, 6) is -12.1. The summed E-state index contributed by atoms with van der Waals surface area (Å²) >= 11 is 0. The number of nitrogens with one attached hydrogen (secondary N) is 1. The van der Waals surface area contributed by atoms with Gasteiger partial charge in [0.25, 0.3) is 5.91 Å². The molecule has 2 aromatic carbocycles. The van der Waals surface area contributed by atoms with Gasteiger partial charge in [-0.15, -0.1) is 0 Å².